The number of methoxy groups -OCH3 is 1. The van der Waals surface area contributed by atoms with E-state index in [4.69, 9.17) is 4.74 Å². The van der Waals surface area contributed by atoms with Gasteiger partial charge in [0, 0.05) is 18.2 Å². The second-order valence-electron chi connectivity index (χ2n) is 5.72. The molecule has 0 amide bonds. The fourth-order valence-electron chi connectivity index (χ4n) is 3.37. The molecular weight excluding hydrogens is 292 g/mol. The molecule has 116 valence electrons. The maximum absolute atomic E-state index is 12.6. The summed E-state index contributed by atoms with van der Waals surface area (Å²) in [6.45, 7) is 8.00. The van der Waals surface area contributed by atoms with E-state index in [0.29, 0.717) is 0 Å². The highest BCUT2D eigenvalue weighted by Gasteiger charge is 2.44. The van der Waals surface area contributed by atoms with Gasteiger partial charge in [-0.05, 0) is 49.9 Å². The SMILES string of the molecule is COC(C(=O)S)(c1c(C)cccc1C)c1c(C)cccc1C. The zero-order chi connectivity index (χ0) is 16.5. The van der Waals surface area contributed by atoms with Gasteiger partial charge < -0.3 is 4.74 Å². The van der Waals surface area contributed by atoms with E-state index in [9.17, 15) is 4.79 Å². The number of aryl methyl sites for hydroxylation is 4. The van der Waals surface area contributed by atoms with Gasteiger partial charge in [-0.2, -0.15) is 0 Å². The van der Waals surface area contributed by atoms with Crippen LogP contribution in [0.25, 0.3) is 0 Å². The summed E-state index contributed by atoms with van der Waals surface area (Å²) in [5.74, 6) is 0. The van der Waals surface area contributed by atoms with Gasteiger partial charge in [-0.3, -0.25) is 4.79 Å². The molecule has 0 saturated heterocycles. The smallest absolute Gasteiger partial charge is 0.227 e. The van der Waals surface area contributed by atoms with E-state index in [2.05, 4.69) is 12.6 Å². The first kappa shape index (κ1) is 16.8. The molecule has 0 aliphatic heterocycles. The Bertz CT molecular complexity index is 627. The molecule has 0 aliphatic carbocycles. The van der Waals surface area contributed by atoms with Crippen molar-refractivity contribution < 1.29 is 9.53 Å². The Hall–Kier alpha value is -1.58. The van der Waals surface area contributed by atoms with Crippen LogP contribution in [0.5, 0.6) is 0 Å². The predicted octanol–water partition coefficient (Wildman–Crippen LogP) is 4.27. The van der Waals surface area contributed by atoms with E-state index in [0.717, 1.165) is 33.4 Å². The summed E-state index contributed by atoms with van der Waals surface area (Å²) in [7, 11) is 1.58. The predicted molar refractivity (Wildman–Crippen MR) is 93.6 cm³/mol. The highest BCUT2D eigenvalue weighted by atomic mass is 32.1. The maximum atomic E-state index is 12.6. The van der Waals surface area contributed by atoms with Crippen LogP contribution in [0.3, 0.4) is 0 Å². The molecule has 2 aromatic rings. The lowest BCUT2D eigenvalue weighted by Gasteiger charge is -2.35. The summed E-state index contributed by atoms with van der Waals surface area (Å²) in [5, 5.41) is -0.301. The zero-order valence-electron chi connectivity index (χ0n) is 13.7. The van der Waals surface area contributed by atoms with Crippen molar-refractivity contribution in [1.29, 1.82) is 0 Å². The number of hydrogen-bond acceptors (Lipinski definition) is 2. The van der Waals surface area contributed by atoms with Crippen LogP contribution in [0.2, 0.25) is 0 Å². The number of rotatable bonds is 4. The van der Waals surface area contributed by atoms with E-state index in [1.54, 1.807) is 7.11 Å². The number of ether oxygens (including phenoxy) is 1. The third-order valence-electron chi connectivity index (χ3n) is 4.27. The highest BCUT2D eigenvalue weighted by Crippen LogP contribution is 2.41. The quantitative estimate of drug-likeness (QED) is 0.853. The molecular formula is C19H22O2S. The molecule has 22 heavy (non-hydrogen) atoms. The molecule has 0 radical (unpaired) electrons. The van der Waals surface area contributed by atoms with Crippen LogP contribution in [-0.4, -0.2) is 12.2 Å². The third kappa shape index (κ3) is 2.49. The Morgan fingerprint density at radius 2 is 1.18 bits per heavy atom. The standard InChI is InChI=1S/C19H22O2S/c1-12-8-6-9-13(2)16(12)19(21-5,18(20)22)17-14(3)10-7-11-15(17)4/h6-11H,1-5H3,(H,20,22). The first-order chi connectivity index (χ1) is 10.4. The second kappa shape index (κ2) is 6.27. The fourth-order valence-corrected chi connectivity index (χ4v) is 3.68. The van der Waals surface area contributed by atoms with Gasteiger partial charge in [0.15, 0.2) is 5.60 Å². The molecule has 0 spiro atoms. The summed E-state index contributed by atoms with van der Waals surface area (Å²) < 4.78 is 5.87. The molecule has 2 rings (SSSR count). The van der Waals surface area contributed by atoms with Crippen LogP contribution >= 0.6 is 12.6 Å². The zero-order valence-corrected chi connectivity index (χ0v) is 14.6. The van der Waals surface area contributed by atoms with Gasteiger partial charge in [0.05, 0.1) is 0 Å². The molecule has 0 atom stereocenters. The van der Waals surface area contributed by atoms with Crippen LogP contribution in [-0.2, 0) is 15.1 Å². The van der Waals surface area contributed by atoms with Gasteiger partial charge >= 0.3 is 0 Å². The molecule has 0 fully saturated rings. The monoisotopic (exact) mass is 314 g/mol. The van der Waals surface area contributed by atoms with E-state index in [-0.39, 0.29) is 5.12 Å². The van der Waals surface area contributed by atoms with Gasteiger partial charge in [0.2, 0.25) is 5.12 Å². The lowest BCUT2D eigenvalue weighted by Crippen LogP contribution is -2.39. The number of carbonyl (C=O) groups is 1. The van der Waals surface area contributed by atoms with E-state index < -0.39 is 5.60 Å². The topological polar surface area (TPSA) is 26.3 Å². The molecule has 2 aromatic carbocycles. The van der Waals surface area contributed by atoms with Gasteiger partial charge in [-0.25, -0.2) is 0 Å². The number of benzene rings is 2. The van der Waals surface area contributed by atoms with E-state index >= 15 is 0 Å². The lowest BCUT2D eigenvalue weighted by molar-refractivity contribution is -0.127. The van der Waals surface area contributed by atoms with Crippen molar-refractivity contribution in [2.75, 3.05) is 7.11 Å². The van der Waals surface area contributed by atoms with Gasteiger partial charge in [0.25, 0.3) is 0 Å². The van der Waals surface area contributed by atoms with Gasteiger partial charge in [-0.15, -0.1) is 12.6 Å². The van der Waals surface area contributed by atoms with Crippen molar-refractivity contribution in [3.63, 3.8) is 0 Å². The Balaban J connectivity index is 2.95. The fraction of sp³-hybridized carbons (Fsp3) is 0.316. The van der Waals surface area contributed by atoms with Crippen LogP contribution in [0, 0.1) is 27.7 Å². The van der Waals surface area contributed by atoms with Crippen molar-refractivity contribution in [2.24, 2.45) is 0 Å². The van der Waals surface area contributed by atoms with Crippen molar-refractivity contribution in [1.82, 2.24) is 0 Å². The van der Waals surface area contributed by atoms with Crippen LogP contribution < -0.4 is 0 Å². The summed E-state index contributed by atoms with van der Waals surface area (Å²) in [4.78, 5) is 12.6. The molecule has 0 aliphatic rings. The molecule has 0 heterocycles. The summed E-state index contributed by atoms with van der Waals surface area (Å²) in [6, 6.07) is 12.0. The molecule has 0 aromatic heterocycles. The van der Waals surface area contributed by atoms with Crippen molar-refractivity contribution in [3.05, 3.63) is 69.8 Å². The summed E-state index contributed by atoms with van der Waals surface area (Å²) in [5.41, 5.74) is 4.66. The van der Waals surface area contributed by atoms with Crippen molar-refractivity contribution >= 4 is 17.7 Å². The number of carbonyl (C=O) groups excluding carboxylic acids is 1. The van der Waals surface area contributed by atoms with Crippen LogP contribution in [0.15, 0.2) is 36.4 Å². The third-order valence-corrected chi connectivity index (χ3v) is 4.59. The maximum Gasteiger partial charge on any atom is 0.227 e. The first-order valence-corrected chi connectivity index (χ1v) is 7.73. The summed E-state index contributed by atoms with van der Waals surface area (Å²) >= 11 is 4.21. The average molecular weight is 314 g/mol. The van der Waals surface area contributed by atoms with Gasteiger partial charge in [0.1, 0.15) is 0 Å². The van der Waals surface area contributed by atoms with Crippen molar-refractivity contribution in [3.8, 4) is 0 Å². The minimum Gasteiger partial charge on any atom is -0.360 e. The normalized spacial score (nSPS) is 11.5. The summed E-state index contributed by atoms with van der Waals surface area (Å²) in [6.07, 6.45) is 0. The molecule has 0 saturated carbocycles. The largest absolute Gasteiger partial charge is 0.360 e. The average Bonchev–Trinajstić information content (AvgIpc) is 2.44. The molecule has 0 N–H and O–H groups in total. The van der Waals surface area contributed by atoms with E-state index in [1.165, 1.54) is 0 Å². The Morgan fingerprint density at radius 3 is 1.41 bits per heavy atom. The van der Waals surface area contributed by atoms with Crippen LogP contribution in [0.4, 0.5) is 0 Å². The minimum atomic E-state index is -1.19. The molecule has 2 nitrogen and oxygen atoms in total. The highest BCUT2D eigenvalue weighted by molar-refractivity contribution is 7.96. The Labute approximate surface area is 137 Å². The second-order valence-corrected chi connectivity index (χ2v) is 6.13. The van der Waals surface area contributed by atoms with Crippen molar-refractivity contribution in [2.45, 2.75) is 33.3 Å². The Kier molecular flexibility index (Phi) is 4.78. The Morgan fingerprint density at radius 1 is 0.864 bits per heavy atom. The van der Waals surface area contributed by atoms with Crippen LogP contribution in [0.1, 0.15) is 33.4 Å². The first-order valence-electron chi connectivity index (χ1n) is 7.28. The van der Waals surface area contributed by atoms with Gasteiger partial charge in [-0.1, -0.05) is 36.4 Å². The van der Waals surface area contributed by atoms with E-state index in [1.807, 2.05) is 64.1 Å². The molecule has 0 unspecified atom stereocenters. The lowest BCUT2D eigenvalue weighted by atomic mass is 9.78. The molecule has 3 heteroatoms. The number of hydrogen-bond donors (Lipinski definition) is 1. The minimum absolute atomic E-state index is 0.301. The number of thiol groups is 1. The molecule has 0 bridgehead atoms.